The Bertz CT molecular complexity index is 1090. The molecule has 2 aliphatic carbocycles. The molecule has 1 aliphatic heterocycles. The van der Waals surface area contributed by atoms with Crippen LogP contribution < -0.4 is 10.9 Å². The number of pyridine rings is 1. The quantitative estimate of drug-likeness (QED) is 0.610. The molecule has 1 aromatic heterocycles. The normalized spacial score (nSPS) is 24.1. The van der Waals surface area contributed by atoms with Gasteiger partial charge in [-0.2, -0.15) is 0 Å². The number of nitrogens with zero attached hydrogens (tertiary/aromatic N) is 2. The standard InChI is InChI=1S/C28H37N3O3/c1-30-14-12-21(17-27(30)32)23-11-13-29-18-25(23)28(33)31(22-8-9-22)26-10-7-20-6-5-19(16-24(20)26)4-3-15-34-2/h5-6,12,14,16-17,22-23,25-26,29H,3-4,7-11,13,15,18H2,1-2H3. The molecule has 3 aliphatic rings. The third-order valence-corrected chi connectivity index (χ3v) is 7.96. The van der Waals surface area contributed by atoms with Crippen LogP contribution >= 0.6 is 0 Å². The van der Waals surface area contributed by atoms with Gasteiger partial charge >= 0.3 is 0 Å². The first-order chi connectivity index (χ1) is 16.6. The molecule has 182 valence electrons. The van der Waals surface area contributed by atoms with Gasteiger partial charge in [-0.1, -0.05) is 18.2 Å². The first kappa shape index (κ1) is 23.3. The molecule has 1 N–H and O–H groups in total. The van der Waals surface area contributed by atoms with Gasteiger partial charge in [-0.3, -0.25) is 9.59 Å². The molecule has 0 bridgehead atoms. The summed E-state index contributed by atoms with van der Waals surface area (Å²) in [4.78, 5) is 28.8. The van der Waals surface area contributed by atoms with E-state index in [1.165, 1.54) is 16.7 Å². The number of carbonyl (C=O) groups excluding carboxylic acids is 1. The lowest BCUT2D eigenvalue weighted by atomic mass is 9.80. The van der Waals surface area contributed by atoms with Gasteiger partial charge in [0.05, 0.1) is 12.0 Å². The number of piperidine rings is 1. The summed E-state index contributed by atoms with van der Waals surface area (Å²) in [5.74, 6) is 0.226. The lowest BCUT2D eigenvalue weighted by Crippen LogP contribution is -2.48. The van der Waals surface area contributed by atoms with Crippen LogP contribution in [0.4, 0.5) is 0 Å². The van der Waals surface area contributed by atoms with Crippen molar-refractivity contribution in [2.24, 2.45) is 13.0 Å². The molecule has 3 atom stereocenters. The number of rotatable bonds is 8. The Labute approximate surface area is 202 Å². The van der Waals surface area contributed by atoms with Crippen LogP contribution in [0.15, 0.2) is 41.3 Å². The van der Waals surface area contributed by atoms with Gasteiger partial charge in [0.15, 0.2) is 0 Å². The molecule has 2 fully saturated rings. The monoisotopic (exact) mass is 463 g/mol. The molecule has 0 radical (unpaired) electrons. The highest BCUT2D eigenvalue weighted by atomic mass is 16.5. The SMILES string of the molecule is COCCCc1ccc2c(c1)C(N(C(=O)C1CNCCC1c1ccn(C)c(=O)c1)C1CC1)CC2. The van der Waals surface area contributed by atoms with E-state index in [1.54, 1.807) is 24.8 Å². The molecule has 1 saturated heterocycles. The highest BCUT2D eigenvalue weighted by molar-refractivity contribution is 5.82. The summed E-state index contributed by atoms with van der Waals surface area (Å²) in [5, 5.41) is 3.46. The lowest BCUT2D eigenvalue weighted by Gasteiger charge is -2.38. The average molecular weight is 464 g/mol. The van der Waals surface area contributed by atoms with Gasteiger partial charge in [-0.15, -0.1) is 0 Å². The fraction of sp³-hybridized carbons (Fsp3) is 0.571. The van der Waals surface area contributed by atoms with Gasteiger partial charge in [-0.05, 0) is 85.7 Å². The highest BCUT2D eigenvalue weighted by Crippen LogP contribution is 2.44. The Morgan fingerprint density at radius 1 is 1.18 bits per heavy atom. The number of aromatic nitrogens is 1. The topological polar surface area (TPSA) is 63.6 Å². The molecule has 2 heterocycles. The summed E-state index contributed by atoms with van der Waals surface area (Å²) in [6, 6.07) is 11.2. The minimum absolute atomic E-state index is 0.00740. The molecule has 2 aromatic rings. The van der Waals surface area contributed by atoms with Gasteiger partial charge in [0.1, 0.15) is 0 Å². The molecular weight excluding hydrogens is 426 g/mol. The van der Waals surface area contributed by atoms with Gasteiger partial charge in [-0.25, -0.2) is 0 Å². The van der Waals surface area contributed by atoms with Crippen LogP contribution in [-0.2, 0) is 29.4 Å². The summed E-state index contributed by atoms with van der Waals surface area (Å²) < 4.78 is 6.83. The summed E-state index contributed by atoms with van der Waals surface area (Å²) in [5.41, 5.74) is 5.08. The van der Waals surface area contributed by atoms with E-state index in [9.17, 15) is 9.59 Å². The number of hydrogen-bond acceptors (Lipinski definition) is 4. The zero-order valence-corrected chi connectivity index (χ0v) is 20.5. The van der Waals surface area contributed by atoms with Crippen molar-refractivity contribution < 1.29 is 9.53 Å². The smallest absolute Gasteiger partial charge is 0.250 e. The number of amides is 1. The van der Waals surface area contributed by atoms with Crippen LogP contribution in [0, 0.1) is 5.92 Å². The number of methoxy groups -OCH3 is 1. The third kappa shape index (κ3) is 4.71. The van der Waals surface area contributed by atoms with Gasteiger partial charge < -0.3 is 19.5 Å². The van der Waals surface area contributed by atoms with Crippen molar-refractivity contribution in [3.05, 3.63) is 69.1 Å². The van der Waals surface area contributed by atoms with E-state index in [2.05, 4.69) is 28.4 Å². The second-order valence-corrected chi connectivity index (χ2v) is 10.3. The number of carbonyl (C=O) groups is 1. The van der Waals surface area contributed by atoms with Crippen LogP contribution in [0.3, 0.4) is 0 Å². The molecule has 6 nitrogen and oxygen atoms in total. The van der Waals surface area contributed by atoms with Gasteiger partial charge in [0.25, 0.3) is 5.56 Å². The predicted octanol–water partition coefficient (Wildman–Crippen LogP) is 3.34. The van der Waals surface area contributed by atoms with E-state index in [4.69, 9.17) is 4.74 Å². The maximum atomic E-state index is 14.2. The number of nitrogens with one attached hydrogen (secondary N) is 1. The Balaban J connectivity index is 1.41. The van der Waals surface area contributed by atoms with Crippen molar-refractivity contribution in [3.8, 4) is 0 Å². The number of ether oxygens (including phenoxy) is 1. The Morgan fingerprint density at radius 2 is 2.03 bits per heavy atom. The molecule has 1 aromatic carbocycles. The molecule has 34 heavy (non-hydrogen) atoms. The molecular formula is C28H37N3O3. The van der Waals surface area contributed by atoms with E-state index in [0.29, 0.717) is 12.6 Å². The largest absolute Gasteiger partial charge is 0.385 e. The van der Waals surface area contributed by atoms with Crippen LogP contribution in [0.5, 0.6) is 0 Å². The van der Waals surface area contributed by atoms with Crippen molar-refractivity contribution in [1.29, 1.82) is 0 Å². The fourth-order valence-electron chi connectivity index (χ4n) is 5.94. The second kappa shape index (κ2) is 10.0. The Morgan fingerprint density at radius 3 is 2.79 bits per heavy atom. The van der Waals surface area contributed by atoms with Gasteiger partial charge in [0, 0.05) is 45.6 Å². The molecule has 3 unspecified atom stereocenters. The number of fused-ring (bicyclic) bond motifs is 1. The van der Waals surface area contributed by atoms with Gasteiger partial charge in [0.2, 0.25) is 5.91 Å². The predicted molar refractivity (Wildman–Crippen MR) is 133 cm³/mol. The van der Waals surface area contributed by atoms with E-state index < -0.39 is 0 Å². The zero-order valence-electron chi connectivity index (χ0n) is 20.5. The molecule has 0 spiro atoms. The van der Waals surface area contributed by atoms with E-state index >= 15 is 0 Å². The van der Waals surface area contributed by atoms with Crippen LogP contribution in [0.25, 0.3) is 0 Å². The minimum Gasteiger partial charge on any atom is -0.385 e. The minimum atomic E-state index is -0.129. The molecule has 1 amide bonds. The molecule has 6 heteroatoms. The van der Waals surface area contributed by atoms with E-state index in [1.807, 2.05) is 12.3 Å². The Kier molecular flexibility index (Phi) is 6.89. The molecule has 5 rings (SSSR count). The van der Waals surface area contributed by atoms with Crippen molar-refractivity contribution in [1.82, 2.24) is 14.8 Å². The number of hydrogen-bond donors (Lipinski definition) is 1. The summed E-state index contributed by atoms with van der Waals surface area (Å²) in [6.45, 7) is 2.33. The van der Waals surface area contributed by atoms with Crippen molar-refractivity contribution >= 4 is 5.91 Å². The number of benzene rings is 1. The highest BCUT2D eigenvalue weighted by Gasteiger charge is 2.45. The fourth-order valence-corrected chi connectivity index (χ4v) is 5.94. The first-order valence-corrected chi connectivity index (χ1v) is 12.9. The third-order valence-electron chi connectivity index (χ3n) is 7.96. The summed E-state index contributed by atoms with van der Waals surface area (Å²) >= 11 is 0. The van der Waals surface area contributed by atoms with Crippen molar-refractivity contribution in [3.63, 3.8) is 0 Å². The van der Waals surface area contributed by atoms with E-state index in [0.717, 1.165) is 63.7 Å². The molecule has 1 saturated carbocycles. The van der Waals surface area contributed by atoms with E-state index in [-0.39, 0.29) is 29.3 Å². The average Bonchev–Trinajstić information content (AvgIpc) is 3.61. The summed E-state index contributed by atoms with van der Waals surface area (Å²) in [7, 11) is 3.52. The summed E-state index contributed by atoms with van der Waals surface area (Å²) in [6.07, 6.45) is 8.97. The first-order valence-electron chi connectivity index (χ1n) is 12.9. The van der Waals surface area contributed by atoms with Crippen LogP contribution in [0.1, 0.15) is 66.3 Å². The number of aryl methyl sites for hydroxylation is 3. The maximum absolute atomic E-state index is 14.2. The van der Waals surface area contributed by atoms with Crippen LogP contribution in [-0.4, -0.2) is 48.2 Å². The zero-order chi connectivity index (χ0) is 23.7. The second-order valence-electron chi connectivity index (χ2n) is 10.3. The Hall–Kier alpha value is -2.44. The maximum Gasteiger partial charge on any atom is 0.250 e. The lowest BCUT2D eigenvalue weighted by molar-refractivity contribution is -0.140. The van der Waals surface area contributed by atoms with Crippen LogP contribution in [0.2, 0.25) is 0 Å². The van der Waals surface area contributed by atoms with Crippen molar-refractivity contribution in [2.75, 3.05) is 26.8 Å². The van der Waals surface area contributed by atoms with Crippen molar-refractivity contribution in [2.45, 2.75) is 62.9 Å².